The van der Waals surface area contributed by atoms with Gasteiger partial charge in [-0.1, -0.05) is 12.1 Å². The minimum absolute atomic E-state index is 0.00464. The first kappa shape index (κ1) is 19.1. The largest absolute Gasteiger partial charge is 0.493 e. The first-order valence-corrected chi connectivity index (χ1v) is 8.41. The molecular formula is C18H27N3O4. The molecule has 2 amide bonds. The summed E-state index contributed by atoms with van der Waals surface area (Å²) in [5.74, 6) is 0.824. The molecule has 7 nitrogen and oxygen atoms in total. The van der Waals surface area contributed by atoms with Crippen molar-refractivity contribution < 1.29 is 19.1 Å². The van der Waals surface area contributed by atoms with Crippen LogP contribution < -0.4 is 15.2 Å². The monoisotopic (exact) mass is 349 g/mol. The molecule has 0 spiro atoms. The summed E-state index contributed by atoms with van der Waals surface area (Å²) >= 11 is 0. The Hall–Kier alpha value is -2.28. The van der Waals surface area contributed by atoms with E-state index in [1.165, 1.54) is 0 Å². The van der Waals surface area contributed by atoms with Gasteiger partial charge in [0, 0.05) is 25.7 Å². The van der Waals surface area contributed by atoms with Crippen molar-refractivity contribution in [3.05, 3.63) is 23.8 Å². The average molecular weight is 349 g/mol. The van der Waals surface area contributed by atoms with Crippen molar-refractivity contribution >= 4 is 11.8 Å². The molecule has 1 aromatic carbocycles. The van der Waals surface area contributed by atoms with Crippen LogP contribution in [0.2, 0.25) is 0 Å². The molecule has 0 aromatic heterocycles. The third-order valence-corrected chi connectivity index (χ3v) is 4.58. The SMILES string of the molecule is COc1cccc(CN(C)C(=O)CN2CCC[C@H](C(N)=O)C2)c1OC. The van der Waals surface area contributed by atoms with Crippen molar-refractivity contribution in [1.82, 2.24) is 9.80 Å². The second-order valence-electron chi connectivity index (χ2n) is 6.38. The highest BCUT2D eigenvalue weighted by atomic mass is 16.5. The van der Waals surface area contributed by atoms with Gasteiger partial charge < -0.3 is 20.1 Å². The number of hydrogen-bond acceptors (Lipinski definition) is 5. The molecule has 1 aliphatic heterocycles. The highest BCUT2D eigenvalue weighted by molar-refractivity contribution is 5.79. The number of carbonyl (C=O) groups is 2. The maximum Gasteiger partial charge on any atom is 0.236 e. The van der Waals surface area contributed by atoms with Crippen LogP contribution in [-0.2, 0) is 16.1 Å². The van der Waals surface area contributed by atoms with Gasteiger partial charge in [-0.15, -0.1) is 0 Å². The molecule has 1 saturated heterocycles. The molecule has 2 N–H and O–H groups in total. The lowest BCUT2D eigenvalue weighted by Gasteiger charge is -2.31. The van der Waals surface area contributed by atoms with Crippen LogP contribution in [0, 0.1) is 5.92 Å². The van der Waals surface area contributed by atoms with Crippen LogP contribution in [0.3, 0.4) is 0 Å². The highest BCUT2D eigenvalue weighted by Crippen LogP contribution is 2.31. The first-order chi connectivity index (χ1) is 12.0. The third kappa shape index (κ3) is 4.85. The number of para-hydroxylation sites is 1. The predicted octanol–water partition coefficient (Wildman–Crippen LogP) is 0.860. The summed E-state index contributed by atoms with van der Waals surface area (Å²) in [7, 11) is 4.93. The van der Waals surface area contributed by atoms with E-state index in [2.05, 4.69) is 0 Å². The fraction of sp³-hybridized carbons (Fsp3) is 0.556. The van der Waals surface area contributed by atoms with Crippen LogP contribution in [-0.4, -0.2) is 62.5 Å². The molecule has 1 aliphatic rings. The Labute approximate surface area is 148 Å². The summed E-state index contributed by atoms with van der Waals surface area (Å²) in [4.78, 5) is 27.6. The number of nitrogens with zero attached hydrogens (tertiary/aromatic N) is 2. The summed E-state index contributed by atoms with van der Waals surface area (Å²) in [6.07, 6.45) is 1.69. The number of ether oxygens (including phenoxy) is 2. The zero-order valence-corrected chi connectivity index (χ0v) is 15.2. The van der Waals surface area contributed by atoms with Gasteiger partial charge in [0.2, 0.25) is 11.8 Å². The van der Waals surface area contributed by atoms with E-state index in [9.17, 15) is 9.59 Å². The number of amides is 2. The van der Waals surface area contributed by atoms with E-state index < -0.39 is 0 Å². The fourth-order valence-corrected chi connectivity index (χ4v) is 3.17. The Bertz CT molecular complexity index is 620. The summed E-state index contributed by atoms with van der Waals surface area (Å²) in [6, 6.07) is 5.61. The molecule has 1 aromatic rings. The number of carbonyl (C=O) groups excluding carboxylic acids is 2. The van der Waals surface area contributed by atoms with Gasteiger partial charge in [0.15, 0.2) is 11.5 Å². The Kier molecular flexibility index (Phi) is 6.64. The van der Waals surface area contributed by atoms with Crippen LogP contribution in [0.4, 0.5) is 0 Å². The van der Waals surface area contributed by atoms with Crippen molar-refractivity contribution in [3.8, 4) is 11.5 Å². The molecule has 1 fully saturated rings. The molecule has 0 bridgehead atoms. The van der Waals surface area contributed by atoms with Crippen LogP contribution in [0.25, 0.3) is 0 Å². The van der Waals surface area contributed by atoms with Gasteiger partial charge in [-0.05, 0) is 25.5 Å². The Morgan fingerprint density at radius 1 is 1.32 bits per heavy atom. The molecule has 0 radical (unpaired) electrons. The molecule has 2 rings (SSSR count). The van der Waals surface area contributed by atoms with Gasteiger partial charge in [-0.25, -0.2) is 0 Å². The Morgan fingerprint density at radius 2 is 2.08 bits per heavy atom. The smallest absolute Gasteiger partial charge is 0.236 e. The molecule has 0 aliphatic carbocycles. The number of methoxy groups -OCH3 is 2. The lowest BCUT2D eigenvalue weighted by Crippen LogP contribution is -2.45. The van der Waals surface area contributed by atoms with E-state index in [0.717, 1.165) is 24.9 Å². The fourth-order valence-electron chi connectivity index (χ4n) is 3.17. The molecule has 25 heavy (non-hydrogen) atoms. The van der Waals surface area contributed by atoms with E-state index in [-0.39, 0.29) is 24.3 Å². The maximum atomic E-state index is 12.5. The van der Waals surface area contributed by atoms with Crippen LogP contribution >= 0.6 is 0 Å². The van der Waals surface area contributed by atoms with Crippen LogP contribution in [0.15, 0.2) is 18.2 Å². The van der Waals surface area contributed by atoms with Crippen molar-refractivity contribution in [1.29, 1.82) is 0 Å². The third-order valence-electron chi connectivity index (χ3n) is 4.58. The van der Waals surface area contributed by atoms with Crippen molar-refractivity contribution in [2.45, 2.75) is 19.4 Å². The Balaban J connectivity index is 1.98. The normalized spacial score (nSPS) is 17.8. The summed E-state index contributed by atoms with van der Waals surface area (Å²) in [5, 5.41) is 0. The van der Waals surface area contributed by atoms with E-state index in [4.69, 9.17) is 15.2 Å². The number of piperidine rings is 1. The van der Waals surface area contributed by atoms with Gasteiger partial charge in [0.1, 0.15) is 0 Å². The van der Waals surface area contributed by atoms with E-state index in [1.54, 1.807) is 26.2 Å². The number of rotatable bonds is 7. The van der Waals surface area contributed by atoms with Gasteiger partial charge in [-0.3, -0.25) is 14.5 Å². The number of hydrogen-bond donors (Lipinski definition) is 1. The minimum atomic E-state index is -0.286. The second kappa shape index (κ2) is 8.71. The van der Waals surface area contributed by atoms with Gasteiger partial charge >= 0.3 is 0 Å². The molecule has 7 heteroatoms. The van der Waals surface area contributed by atoms with E-state index in [1.807, 2.05) is 23.1 Å². The quantitative estimate of drug-likeness (QED) is 0.789. The molecule has 138 valence electrons. The lowest BCUT2D eigenvalue weighted by molar-refractivity contribution is -0.133. The van der Waals surface area contributed by atoms with Gasteiger partial charge in [0.05, 0.1) is 26.7 Å². The maximum absolute atomic E-state index is 12.5. The molecular weight excluding hydrogens is 322 g/mol. The number of primary amides is 1. The first-order valence-electron chi connectivity index (χ1n) is 8.41. The number of likely N-dealkylation sites (tertiary alicyclic amines) is 1. The number of likely N-dealkylation sites (N-methyl/N-ethyl adjacent to an activating group) is 1. The summed E-state index contributed by atoms with van der Waals surface area (Å²) in [6.45, 7) is 2.07. The topological polar surface area (TPSA) is 85.1 Å². The lowest BCUT2D eigenvalue weighted by atomic mass is 9.97. The van der Waals surface area contributed by atoms with Crippen LogP contribution in [0.1, 0.15) is 18.4 Å². The summed E-state index contributed by atoms with van der Waals surface area (Å²) in [5.41, 5.74) is 6.28. The highest BCUT2D eigenvalue weighted by Gasteiger charge is 2.26. The molecule has 0 unspecified atom stereocenters. The second-order valence-corrected chi connectivity index (χ2v) is 6.38. The standard InChI is InChI=1S/C18H27N3O4/c1-20(10-13-6-4-8-15(24-2)17(13)25-3)16(22)12-21-9-5-7-14(11-21)18(19)23/h4,6,8,14H,5,7,9-12H2,1-3H3,(H2,19,23)/t14-/m0/s1. The zero-order chi connectivity index (χ0) is 18.4. The van der Waals surface area contributed by atoms with E-state index >= 15 is 0 Å². The van der Waals surface area contributed by atoms with Crippen molar-refractivity contribution in [2.75, 3.05) is 40.9 Å². The number of nitrogens with two attached hydrogens (primary N) is 1. The predicted molar refractivity (Wildman–Crippen MR) is 94.4 cm³/mol. The van der Waals surface area contributed by atoms with E-state index in [0.29, 0.717) is 24.6 Å². The molecule has 0 saturated carbocycles. The van der Waals surface area contributed by atoms with Crippen molar-refractivity contribution in [2.24, 2.45) is 11.7 Å². The molecule has 1 heterocycles. The zero-order valence-electron chi connectivity index (χ0n) is 15.2. The van der Waals surface area contributed by atoms with Gasteiger partial charge in [-0.2, -0.15) is 0 Å². The average Bonchev–Trinajstić information content (AvgIpc) is 2.61. The number of benzene rings is 1. The van der Waals surface area contributed by atoms with Crippen LogP contribution in [0.5, 0.6) is 11.5 Å². The Morgan fingerprint density at radius 3 is 2.72 bits per heavy atom. The minimum Gasteiger partial charge on any atom is -0.493 e. The van der Waals surface area contributed by atoms with Gasteiger partial charge in [0.25, 0.3) is 0 Å². The molecule has 1 atom stereocenters. The summed E-state index contributed by atoms with van der Waals surface area (Å²) < 4.78 is 10.7. The van der Waals surface area contributed by atoms with Crippen molar-refractivity contribution in [3.63, 3.8) is 0 Å².